The molecule has 0 radical (unpaired) electrons. The van der Waals surface area contributed by atoms with Crippen LogP contribution in [0.5, 0.6) is 0 Å². The van der Waals surface area contributed by atoms with Crippen LogP contribution in [-0.4, -0.2) is 63.7 Å². The number of likely N-dealkylation sites (tertiary alicyclic amines) is 1. The second kappa shape index (κ2) is 11.6. The molecule has 1 aromatic heterocycles. The molecule has 3 amide bonds. The van der Waals surface area contributed by atoms with Gasteiger partial charge in [0.15, 0.2) is 6.10 Å². The van der Waals surface area contributed by atoms with Crippen LogP contribution in [0.15, 0.2) is 72.0 Å². The summed E-state index contributed by atoms with van der Waals surface area (Å²) < 4.78 is 6.25. The van der Waals surface area contributed by atoms with Gasteiger partial charge in [-0.3, -0.25) is 19.5 Å². The van der Waals surface area contributed by atoms with Crippen molar-refractivity contribution in [2.75, 3.05) is 13.1 Å². The molecule has 3 aromatic rings. The fraction of sp³-hybridized carbons (Fsp3) is 0.296. The Kier molecular flexibility index (Phi) is 7.83. The Balaban J connectivity index is 1.24. The van der Waals surface area contributed by atoms with E-state index in [1.807, 2.05) is 36.4 Å². The molecule has 2 unspecified atom stereocenters. The molecule has 0 spiro atoms. The van der Waals surface area contributed by atoms with Crippen molar-refractivity contribution in [1.29, 1.82) is 0 Å². The van der Waals surface area contributed by atoms with E-state index >= 15 is 0 Å². The number of para-hydroxylation sites is 1. The van der Waals surface area contributed by atoms with Gasteiger partial charge in [-0.1, -0.05) is 41.6 Å². The monoisotopic (exact) mass is 579 g/mol. The minimum absolute atomic E-state index is 0.00380. The van der Waals surface area contributed by atoms with E-state index in [2.05, 4.69) is 36.7 Å². The van der Waals surface area contributed by atoms with Gasteiger partial charge in [-0.15, -0.1) is 0 Å². The molecular weight excluding hydrogens is 554 g/mol. The molecule has 0 aliphatic carbocycles. The molecule has 2 N–H and O–H groups in total. The summed E-state index contributed by atoms with van der Waals surface area (Å²) in [5.41, 5.74) is 2.08. The Bertz CT molecular complexity index is 1370. The van der Waals surface area contributed by atoms with Crippen molar-refractivity contribution in [2.45, 2.75) is 37.6 Å². The van der Waals surface area contributed by atoms with Crippen molar-refractivity contribution in [3.63, 3.8) is 0 Å². The molecule has 1 saturated heterocycles. The fourth-order valence-corrected chi connectivity index (χ4v) is 4.95. The van der Waals surface area contributed by atoms with Gasteiger partial charge in [0.25, 0.3) is 5.91 Å². The summed E-state index contributed by atoms with van der Waals surface area (Å²) in [6.07, 6.45) is 1.53. The zero-order valence-electron chi connectivity index (χ0n) is 20.4. The number of aromatic nitrogens is 1. The highest BCUT2D eigenvalue weighted by Gasteiger charge is 2.41. The quantitative estimate of drug-likeness (QED) is 0.442. The van der Waals surface area contributed by atoms with Crippen LogP contribution in [0.4, 0.5) is 4.79 Å². The van der Waals surface area contributed by atoms with E-state index in [-0.39, 0.29) is 44.0 Å². The van der Waals surface area contributed by atoms with Gasteiger partial charge in [0.1, 0.15) is 17.3 Å². The smallest absolute Gasteiger partial charge is 0.410 e. The number of benzene rings is 2. The first kappa shape index (κ1) is 25.7. The Morgan fingerprint density at radius 3 is 2.68 bits per heavy atom. The van der Waals surface area contributed by atoms with E-state index in [9.17, 15) is 14.4 Å². The summed E-state index contributed by atoms with van der Waals surface area (Å²) >= 11 is 3.28. The van der Waals surface area contributed by atoms with Gasteiger partial charge in [-0.25, -0.2) is 4.79 Å². The van der Waals surface area contributed by atoms with Gasteiger partial charge < -0.3 is 20.2 Å². The van der Waals surface area contributed by atoms with Gasteiger partial charge in [0.05, 0.1) is 12.1 Å². The van der Waals surface area contributed by atoms with Crippen molar-refractivity contribution in [3.05, 3.63) is 78.0 Å². The number of fused-ring (bicyclic) bond motifs is 1. The van der Waals surface area contributed by atoms with Crippen LogP contribution in [0.25, 0.3) is 10.9 Å². The topological polar surface area (TPSA) is 122 Å². The van der Waals surface area contributed by atoms with Crippen molar-refractivity contribution in [1.82, 2.24) is 20.5 Å². The molecule has 11 heteroatoms. The third-order valence-electron chi connectivity index (χ3n) is 6.42. The molecule has 2 aliphatic heterocycles. The number of nitrogens with one attached hydrogen (secondary N) is 2. The number of oxime groups is 1. The number of carbonyl (C=O) groups is 3. The van der Waals surface area contributed by atoms with Crippen LogP contribution in [0.2, 0.25) is 0 Å². The van der Waals surface area contributed by atoms with Crippen LogP contribution in [0.3, 0.4) is 0 Å². The molecule has 38 heavy (non-hydrogen) atoms. The zero-order valence-corrected chi connectivity index (χ0v) is 22.0. The molecule has 10 nitrogen and oxygen atoms in total. The summed E-state index contributed by atoms with van der Waals surface area (Å²) in [6, 6.07) is 17.1. The number of amides is 3. The maximum atomic E-state index is 13.1. The van der Waals surface area contributed by atoms with Crippen molar-refractivity contribution < 1.29 is 24.0 Å². The summed E-state index contributed by atoms with van der Waals surface area (Å²) in [6.45, 7) is 0.379. The summed E-state index contributed by atoms with van der Waals surface area (Å²) in [7, 11) is 0. The minimum Gasteiger partial charge on any atom is -0.444 e. The molecule has 2 aliphatic rings. The largest absolute Gasteiger partial charge is 0.444 e. The lowest BCUT2D eigenvalue weighted by molar-refractivity contribution is -0.125. The van der Waals surface area contributed by atoms with Crippen LogP contribution >= 0.6 is 15.9 Å². The first-order chi connectivity index (χ1) is 18.5. The number of carbonyl (C=O) groups excluding carboxylic acids is 3. The van der Waals surface area contributed by atoms with Gasteiger partial charge in [0.2, 0.25) is 5.91 Å². The lowest BCUT2D eigenvalue weighted by Crippen LogP contribution is -2.47. The first-order valence-electron chi connectivity index (χ1n) is 12.2. The van der Waals surface area contributed by atoms with E-state index < -0.39 is 18.2 Å². The summed E-state index contributed by atoms with van der Waals surface area (Å²) in [5, 5.41) is 10.5. The van der Waals surface area contributed by atoms with Crippen molar-refractivity contribution in [3.8, 4) is 0 Å². The van der Waals surface area contributed by atoms with Crippen LogP contribution in [0, 0.1) is 0 Å². The van der Waals surface area contributed by atoms with E-state index in [4.69, 9.17) is 9.57 Å². The summed E-state index contributed by atoms with van der Waals surface area (Å²) in [5.74, 6) is -0.619. The maximum absolute atomic E-state index is 13.1. The molecule has 0 saturated carbocycles. The third kappa shape index (κ3) is 6.10. The third-order valence-corrected chi connectivity index (χ3v) is 6.89. The standard InChI is InChI=1S/C27H26BrN5O5/c28-24-12-21(38-32-24)14-30-26(35)23-11-20(31-25(34)18-6-2-1-3-7-18)15-33(23)27(36)37-16-17-10-19-8-4-5-9-22(19)29-13-17/h1-10,13,20-21,23H,11-12,14-16H2,(H,30,35)(H,31,34)/t20?,21-,23?/m0/s1. The van der Waals surface area contributed by atoms with Gasteiger partial charge >= 0.3 is 6.09 Å². The average Bonchev–Trinajstić information content (AvgIpc) is 3.56. The molecule has 0 bridgehead atoms. The van der Waals surface area contributed by atoms with Crippen LogP contribution < -0.4 is 10.6 Å². The number of pyridine rings is 1. The van der Waals surface area contributed by atoms with Crippen LogP contribution in [0.1, 0.15) is 28.8 Å². The van der Waals surface area contributed by atoms with Crippen molar-refractivity contribution >= 4 is 49.4 Å². The molecule has 1 fully saturated rings. The second-order valence-electron chi connectivity index (χ2n) is 9.18. The Labute approximate surface area is 227 Å². The number of nitrogens with zero attached hydrogens (tertiary/aromatic N) is 3. The van der Waals surface area contributed by atoms with Crippen LogP contribution in [-0.2, 0) is 21.0 Å². The fourth-order valence-electron chi connectivity index (χ4n) is 4.51. The predicted octanol–water partition coefficient (Wildman–Crippen LogP) is 3.36. The highest BCUT2D eigenvalue weighted by molar-refractivity contribution is 9.18. The van der Waals surface area contributed by atoms with E-state index in [0.29, 0.717) is 16.6 Å². The Morgan fingerprint density at radius 2 is 1.89 bits per heavy atom. The maximum Gasteiger partial charge on any atom is 0.410 e. The Morgan fingerprint density at radius 1 is 1.11 bits per heavy atom. The lowest BCUT2D eigenvalue weighted by Gasteiger charge is -2.23. The van der Waals surface area contributed by atoms with Crippen molar-refractivity contribution in [2.24, 2.45) is 5.16 Å². The molecule has 2 aromatic carbocycles. The van der Waals surface area contributed by atoms with Gasteiger partial charge in [-0.05, 0) is 46.6 Å². The first-order valence-corrected chi connectivity index (χ1v) is 13.0. The highest BCUT2D eigenvalue weighted by Crippen LogP contribution is 2.22. The number of hydrogen-bond donors (Lipinski definition) is 2. The number of halogens is 1. The minimum atomic E-state index is -0.816. The average molecular weight is 580 g/mol. The normalized spacial score (nSPS) is 20.5. The number of ether oxygens (including phenoxy) is 1. The molecule has 5 rings (SSSR count). The number of rotatable bonds is 7. The molecule has 3 atom stereocenters. The predicted molar refractivity (Wildman–Crippen MR) is 144 cm³/mol. The molecule has 3 heterocycles. The lowest BCUT2D eigenvalue weighted by atomic mass is 10.1. The molecular formula is C27H26BrN5O5. The summed E-state index contributed by atoms with van der Waals surface area (Å²) in [4.78, 5) is 50.0. The SMILES string of the molecule is O=C(NC1CC(C(=O)NC[C@@H]2CC(Br)=NO2)N(C(=O)OCc2cnc3ccccc3c2)C1)c1ccccc1. The zero-order chi connectivity index (χ0) is 26.5. The number of hydrogen-bond acceptors (Lipinski definition) is 7. The van der Waals surface area contributed by atoms with E-state index in [1.54, 1.807) is 30.5 Å². The molecule has 196 valence electrons. The van der Waals surface area contributed by atoms with E-state index in [1.165, 1.54) is 4.90 Å². The van der Waals surface area contributed by atoms with E-state index in [0.717, 1.165) is 16.5 Å². The second-order valence-corrected chi connectivity index (χ2v) is 10.1. The van der Waals surface area contributed by atoms with Gasteiger partial charge in [-0.2, -0.15) is 0 Å². The Hall–Kier alpha value is -3.99. The highest BCUT2D eigenvalue weighted by atomic mass is 79.9. The van der Waals surface area contributed by atoms with Gasteiger partial charge in [0, 0.05) is 41.7 Å².